The van der Waals surface area contributed by atoms with Gasteiger partial charge in [0.2, 0.25) is 0 Å². The lowest BCUT2D eigenvalue weighted by atomic mass is 9.98. The van der Waals surface area contributed by atoms with E-state index in [1.54, 1.807) is 0 Å². The average Bonchev–Trinajstić information content (AvgIpc) is 2.20. The third kappa shape index (κ3) is 6.84. The molecule has 4 heteroatoms. The van der Waals surface area contributed by atoms with Gasteiger partial charge in [0.1, 0.15) is 0 Å². The molecule has 82 valence electrons. The highest BCUT2D eigenvalue weighted by Crippen LogP contribution is 2.04. The highest BCUT2D eigenvalue weighted by atomic mass is 14.9. The van der Waals surface area contributed by atoms with Crippen molar-refractivity contribution in [3.63, 3.8) is 0 Å². The molecule has 0 amide bonds. The molecule has 0 aromatic heterocycles. The molecule has 0 aliphatic carbocycles. The van der Waals surface area contributed by atoms with Crippen LogP contribution in [0.15, 0.2) is 0 Å². The summed E-state index contributed by atoms with van der Waals surface area (Å²) < 4.78 is 0. The molecule has 2 unspecified atom stereocenters. The second kappa shape index (κ2) is 8.95. The molecule has 0 radical (unpaired) electrons. The minimum absolute atomic E-state index is 0.216. The van der Waals surface area contributed by atoms with E-state index in [1.165, 1.54) is 0 Å². The van der Waals surface area contributed by atoms with Crippen molar-refractivity contribution in [2.45, 2.75) is 32.2 Å². The molecule has 0 aromatic rings. The molecule has 0 saturated heterocycles. The van der Waals surface area contributed by atoms with Gasteiger partial charge in [0, 0.05) is 19.0 Å². The number of nitrogens with one attached hydrogen (secondary N) is 1. The van der Waals surface area contributed by atoms with E-state index in [1.807, 2.05) is 0 Å². The maximum Gasteiger partial charge on any atom is 0.0635 e. The summed E-state index contributed by atoms with van der Waals surface area (Å²) in [5.74, 6) is 0.445. The Kier molecular flexibility index (Phi) is 8.54. The van der Waals surface area contributed by atoms with E-state index < -0.39 is 0 Å². The first kappa shape index (κ1) is 13.4. The Hall–Kier alpha value is -0.630. The molecule has 0 aliphatic heterocycles. The Morgan fingerprint density at radius 1 is 1.50 bits per heavy atom. The molecule has 0 spiro atoms. The minimum atomic E-state index is 0.216. The zero-order chi connectivity index (χ0) is 10.8. The summed E-state index contributed by atoms with van der Waals surface area (Å²) in [5.41, 5.74) is 11.4. The lowest BCUT2D eigenvalue weighted by Crippen LogP contribution is -2.36. The van der Waals surface area contributed by atoms with Gasteiger partial charge in [0.25, 0.3) is 0 Å². The molecule has 14 heavy (non-hydrogen) atoms. The summed E-state index contributed by atoms with van der Waals surface area (Å²) in [7, 11) is 0. The molecular weight excluding hydrogens is 176 g/mol. The third-order valence-electron chi connectivity index (χ3n) is 2.35. The summed E-state index contributed by atoms with van der Waals surface area (Å²) in [6.45, 7) is 4.47. The largest absolute Gasteiger partial charge is 0.330 e. The van der Waals surface area contributed by atoms with Crippen LogP contribution in [0, 0.1) is 17.2 Å². The highest BCUT2D eigenvalue weighted by Gasteiger charge is 2.10. The fourth-order valence-corrected chi connectivity index (χ4v) is 1.26. The number of hydrogen-bond donors (Lipinski definition) is 3. The number of nitrogens with two attached hydrogens (primary N) is 2. The molecule has 2 atom stereocenters. The van der Waals surface area contributed by atoms with Crippen LogP contribution in [0.1, 0.15) is 26.2 Å². The molecule has 0 aromatic carbocycles. The Balaban J connectivity index is 3.42. The van der Waals surface area contributed by atoms with Crippen LogP contribution in [0.5, 0.6) is 0 Å². The van der Waals surface area contributed by atoms with Crippen LogP contribution in [0.4, 0.5) is 0 Å². The van der Waals surface area contributed by atoms with Crippen LogP contribution < -0.4 is 16.8 Å². The van der Waals surface area contributed by atoms with Gasteiger partial charge < -0.3 is 16.8 Å². The summed E-state index contributed by atoms with van der Waals surface area (Å²) in [6.07, 6.45) is 2.53. The second-order valence-electron chi connectivity index (χ2n) is 3.68. The van der Waals surface area contributed by atoms with Gasteiger partial charge in [-0.25, -0.2) is 0 Å². The maximum atomic E-state index is 8.33. The molecule has 0 fully saturated rings. The monoisotopic (exact) mass is 198 g/mol. The fraction of sp³-hybridized carbons (Fsp3) is 0.900. The van der Waals surface area contributed by atoms with Crippen LogP contribution in [0.25, 0.3) is 0 Å². The van der Waals surface area contributed by atoms with Crippen molar-refractivity contribution in [3.8, 4) is 6.07 Å². The average molecular weight is 198 g/mol. The van der Waals surface area contributed by atoms with Gasteiger partial charge in [-0.05, 0) is 31.8 Å². The number of nitriles is 1. The Morgan fingerprint density at radius 2 is 2.21 bits per heavy atom. The standard InChI is InChI=1S/C10H22N4/c1-9(8-14-7-3-6-12)10(13)4-2-5-11/h9-10,14H,2-5,7-8,11,13H2,1H3. The molecule has 0 bridgehead atoms. The quantitative estimate of drug-likeness (QED) is 0.486. The minimum Gasteiger partial charge on any atom is -0.330 e. The van der Waals surface area contributed by atoms with E-state index in [9.17, 15) is 0 Å². The number of nitrogens with zero attached hydrogens (tertiary/aromatic N) is 1. The van der Waals surface area contributed by atoms with Gasteiger partial charge in [0.15, 0.2) is 0 Å². The lowest BCUT2D eigenvalue weighted by molar-refractivity contribution is 0.402. The van der Waals surface area contributed by atoms with E-state index in [0.29, 0.717) is 18.9 Å². The number of rotatable bonds is 8. The molecule has 0 saturated carbocycles. The zero-order valence-corrected chi connectivity index (χ0v) is 9.00. The topological polar surface area (TPSA) is 87.9 Å². The van der Waals surface area contributed by atoms with Crippen molar-refractivity contribution in [2.75, 3.05) is 19.6 Å². The predicted molar refractivity (Wildman–Crippen MR) is 58.5 cm³/mol. The van der Waals surface area contributed by atoms with Crippen LogP contribution in [0.3, 0.4) is 0 Å². The SMILES string of the molecule is CC(CNCCC#N)C(N)CCCN. The molecule has 4 nitrogen and oxygen atoms in total. The first-order valence-electron chi connectivity index (χ1n) is 5.25. The first-order valence-corrected chi connectivity index (χ1v) is 5.25. The van der Waals surface area contributed by atoms with Crippen molar-refractivity contribution in [1.82, 2.24) is 5.32 Å². The van der Waals surface area contributed by atoms with Crippen molar-refractivity contribution < 1.29 is 0 Å². The zero-order valence-electron chi connectivity index (χ0n) is 9.00. The van der Waals surface area contributed by atoms with Gasteiger partial charge in [-0.1, -0.05) is 6.92 Å². The van der Waals surface area contributed by atoms with Gasteiger partial charge in [0.05, 0.1) is 6.07 Å². The van der Waals surface area contributed by atoms with Gasteiger partial charge in [-0.15, -0.1) is 0 Å². The lowest BCUT2D eigenvalue weighted by Gasteiger charge is -2.19. The normalized spacial score (nSPS) is 14.7. The van der Waals surface area contributed by atoms with Crippen molar-refractivity contribution in [3.05, 3.63) is 0 Å². The van der Waals surface area contributed by atoms with Gasteiger partial charge in [-0.3, -0.25) is 0 Å². The Labute approximate surface area is 86.6 Å². The van der Waals surface area contributed by atoms with Crippen LogP contribution >= 0.6 is 0 Å². The molecule has 0 rings (SSSR count). The Bertz CT molecular complexity index is 164. The van der Waals surface area contributed by atoms with Crippen molar-refractivity contribution >= 4 is 0 Å². The summed E-state index contributed by atoms with van der Waals surface area (Å²) in [6, 6.07) is 2.31. The summed E-state index contributed by atoms with van der Waals surface area (Å²) in [5, 5.41) is 11.5. The van der Waals surface area contributed by atoms with Crippen LogP contribution in [-0.4, -0.2) is 25.7 Å². The van der Waals surface area contributed by atoms with Gasteiger partial charge >= 0.3 is 0 Å². The van der Waals surface area contributed by atoms with E-state index in [2.05, 4.69) is 18.3 Å². The summed E-state index contributed by atoms with van der Waals surface area (Å²) in [4.78, 5) is 0. The highest BCUT2D eigenvalue weighted by molar-refractivity contribution is 4.74. The van der Waals surface area contributed by atoms with E-state index in [4.69, 9.17) is 16.7 Å². The fourth-order valence-electron chi connectivity index (χ4n) is 1.26. The maximum absolute atomic E-state index is 8.33. The number of hydrogen-bond acceptors (Lipinski definition) is 4. The third-order valence-corrected chi connectivity index (χ3v) is 2.35. The molecule has 5 N–H and O–H groups in total. The summed E-state index contributed by atoms with van der Waals surface area (Å²) >= 11 is 0. The first-order chi connectivity index (χ1) is 6.72. The van der Waals surface area contributed by atoms with E-state index in [-0.39, 0.29) is 6.04 Å². The van der Waals surface area contributed by atoms with Crippen LogP contribution in [-0.2, 0) is 0 Å². The predicted octanol–water partition coefficient (Wildman–Crippen LogP) is 0.192. The van der Waals surface area contributed by atoms with Crippen molar-refractivity contribution in [1.29, 1.82) is 5.26 Å². The van der Waals surface area contributed by atoms with Crippen molar-refractivity contribution in [2.24, 2.45) is 17.4 Å². The smallest absolute Gasteiger partial charge is 0.0635 e. The Morgan fingerprint density at radius 3 is 2.79 bits per heavy atom. The van der Waals surface area contributed by atoms with Crippen LogP contribution in [0.2, 0.25) is 0 Å². The molecule has 0 heterocycles. The van der Waals surface area contributed by atoms with Gasteiger partial charge in [-0.2, -0.15) is 5.26 Å². The molecule has 0 aliphatic rings. The van der Waals surface area contributed by atoms with E-state index in [0.717, 1.165) is 25.9 Å². The molecular formula is C10H22N4. The second-order valence-corrected chi connectivity index (χ2v) is 3.68. The van der Waals surface area contributed by atoms with E-state index >= 15 is 0 Å².